The molecule has 0 radical (unpaired) electrons. The van der Waals surface area contributed by atoms with Crippen molar-refractivity contribution >= 4 is 23.8 Å². The molecule has 1 aromatic carbocycles. The van der Waals surface area contributed by atoms with E-state index in [1.165, 1.54) is 30.9 Å². The van der Waals surface area contributed by atoms with E-state index in [4.69, 9.17) is 4.74 Å². The van der Waals surface area contributed by atoms with Gasteiger partial charge in [-0.05, 0) is 42.9 Å². The number of cyclic esters (lactones) is 1. The van der Waals surface area contributed by atoms with E-state index in [0.717, 1.165) is 49.6 Å². The van der Waals surface area contributed by atoms with Crippen LogP contribution in [0.3, 0.4) is 0 Å². The van der Waals surface area contributed by atoms with Crippen LogP contribution in [0.1, 0.15) is 68.3 Å². The maximum atomic E-state index is 12.2. The highest BCUT2D eigenvalue weighted by molar-refractivity contribution is 5.89. The largest absolute Gasteiger partial charge is 0.444 e. The van der Waals surface area contributed by atoms with Crippen molar-refractivity contribution in [3.05, 3.63) is 59.8 Å². The van der Waals surface area contributed by atoms with Crippen LogP contribution in [-0.2, 0) is 16.1 Å². The lowest BCUT2D eigenvalue weighted by molar-refractivity contribution is -0.159. The Labute approximate surface area is 230 Å². The molecule has 1 spiro atoms. The number of likely N-dealkylation sites (tertiary alicyclic amines) is 2. The molecule has 2 saturated heterocycles. The van der Waals surface area contributed by atoms with Crippen molar-refractivity contribution in [2.45, 2.75) is 58.2 Å². The molecule has 1 unspecified atom stereocenters. The van der Waals surface area contributed by atoms with E-state index in [2.05, 4.69) is 58.0 Å². The third-order valence-corrected chi connectivity index (χ3v) is 8.59. The minimum absolute atomic E-state index is 0.00443. The van der Waals surface area contributed by atoms with Crippen LogP contribution in [0.15, 0.2) is 43.1 Å². The Hall–Kier alpha value is -3.46. The quantitative estimate of drug-likeness (QED) is 0.446. The van der Waals surface area contributed by atoms with Crippen LogP contribution in [0.4, 0.5) is 16.6 Å². The number of hydrogen-bond acceptors (Lipinski definition) is 7. The third kappa shape index (κ3) is 5.12. The van der Waals surface area contributed by atoms with E-state index >= 15 is 0 Å². The van der Waals surface area contributed by atoms with Crippen LogP contribution in [0.2, 0.25) is 0 Å². The summed E-state index contributed by atoms with van der Waals surface area (Å²) in [5, 5.41) is 3.42. The van der Waals surface area contributed by atoms with Gasteiger partial charge in [0, 0.05) is 50.4 Å². The highest BCUT2D eigenvalue weighted by Crippen LogP contribution is 2.48. The molecule has 9 heteroatoms. The van der Waals surface area contributed by atoms with Crippen LogP contribution in [0.5, 0.6) is 0 Å². The molecule has 1 aromatic heterocycles. The van der Waals surface area contributed by atoms with Crippen molar-refractivity contribution in [1.29, 1.82) is 0 Å². The lowest BCUT2D eigenvalue weighted by Crippen LogP contribution is -2.73. The summed E-state index contributed by atoms with van der Waals surface area (Å²) in [5.41, 5.74) is 3.62. The number of aromatic nitrogens is 2. The van der Waals surface area contributed by atoms with Gasteiger partial charge in [0.2, 0.25) is 11.9 Å². The van der Waals surface area contributed by atoms with E-state index < -0.39 is 0 Å². The zero-order valence-electron chi connectivity index (χ0n) is 22.9. The van der Waals surface area contributed by atoms with Crippen LogP contribution in [0, 0.1) is 11.3 Å². The maximum absolute atomic E-state index is 12.2. The van der Waals surface area contributed by atoms with Crippen molar-refractivity contribution in [1.82, 2.24) is 19.8 Å². The second-order valence-electron chi connectivity index (χ2n) is 11.8. The van der Waals surface area contributed by atoms with Gasteiger partial charge >= 0.3 is 6.09 Å². The zero-order valence-corrected chi connectivity index (χ0v) is 22.9. The summed E-state index contributed by atoms with van der Waals surface area (Å²) in [6.45, 7) is 12.3. The van der Waals surface area contributed by atoms with E-state index in [0.29, 0.717) is 24.4 Å². The molecule has 1 aliphatic carbocycles. The fourth-order valence-electron chi connectivity index (χ4n) is 6.26. The van der Waals surface area contributed by atoms with Crippen LogP contribution >= 0.6 is 0 Å². The first-order chi connectivity index (χ1) is 18.9. The Morgan fingerprint density at radius 2 is 1.92 bits per heavy atom. The lowest BCUT2D eigenvalue weighted by atomic mass is 9.71. The molecule has 2 amide bonds. The molecule has 4 aliphatic rings. The van der Waals surface area contributed by atoms with E-state index in [-0.39, 0.29) is 30.1 Å². The molecule has 1 N–H and O–H groups in total. The van der Waals surface area contributed by atoms with Crippen molar-refractivity contribution in [3.63, 3.8) is 0 Å². The smallest absolute Gasteiger partial charge is 0.415 e. The number of fused-ring (bicyclic) bond motifs is 1. The zero-order chi connectivity index (χ0) is 27.1. The van der Waals surface area contributed by atoms with Gasteiger partial charge in [0.05, 0.1) is 11.6 Å². The molecule has 9 nitrogen and oxygen atoms in total. The van der Waals surface area contributed by atoms with Crippen molar-refractivity contribution < 1.29 is 14.3 Å². The molecule has 3 aliphatic heterocycles. The molecule has 1 saturated carbocycles. The molecule has 3 fully saturated rings. The summed E-state index contributed by atoms with van der Waals surface area (Å²) in [5.74, 6) is 2.01. The molecule has 4 heterocycles. The molecular formula is C30H38N6O3. The second-order valence-corrected chi connectivity index (χ2v) is 11.8. The SMILES string of the molecule is C=CC(=O)N1CC2(C1)CN(C(CC1CC1)c1ccc([C@H](C)Nc3ncc4c(n3)N(CCC)C(=O)OC4)cc1)C2. The van der Waals surface area contributed by atoms with Crippen LogP contribution < -0.4 is 10.2 Å². The standard InChI is InChI=1S/C30H38N6O3/c1-4-12-36-27-24(15-39-29(36)38)14-31-28(33-27)32-20(3)22-8-10-23(11-9-22)25(13-21-6-7-21)34-16-30(17-34)18-35(19-30)26(37)5-2/h5,8-11,14,20-21,25H,2,4,6-7,12-13,15-19H2,1,3H3,(H,31,32,33)/t20-,25?/m0/s1. The minimum Gasteiger partial charge on any atom is -0.444 e. The number of rotatable bonds is 10. The first-order valence-corrected chi connectivity index (χ1v) is 14.2. The van der Waals surface area contributed by atoms with Crippen molar-refractivity contribution in [2.75, 3.05) is 42.9 Å². The maximum Gasteiger partial charge on any atom is 0.415 e. The number of benzene rings is 1. The van der Waals surface area contributed by atoms with Gasteiger partial charge in [0.15, 0.2) is 0 Å². The predicted molar refractivity (Wildman–Crippen MR) is 149 cm³/mol. The number of nitrogens with zero attached hydrogens (tertiary/aromatic N) is 5. The molecule has 2 aromatic rings. The van der Waals surface area contributed by atoms with Crippen molar-refractivity contribution in [2.24, 2.45) is 11.3 Å². The number of carbonyl (C=O) groups excluding carboxylic acids is 2. The number of carbonyl (C=O) groups is 2. The molecule has 39 heavy (non-hydrogen) atoms. The highest BCUT2D eigenvalue weighted by Gasteiger charge is 2.54. The normalized spacial score (nSPS) is 21.3. The van der Waals surface area contributed by atoms with E-state index in [1.807, 2.05) is 11.8 Å². The summed E-state index contributed by atoms with van der Waals surface area (Å²) in [7, 11) is 0. The Kier molecular flexibility index (Phi) is 6.79. The number of amides is 2. The summed E-state index contributed by atoms with van der Waals surface area (Å²) in [6, 6.07) is 9.38. The number of ether oxygens (including phenoxy) is 1. The number of anilines is 2. The first-order valence-electron chi connectivity index (χ1n) is 14.2. The Morgan fingerprint density at radius 3 is 2.59 bits per heavy atom. The van der Waals surface area contributed by atoms with Gasteiger partial charge in [-0.15, -0.1) is 0 Å². The molecule has 2 atom stereocenters. The van der Waals surface area contributed by atoms with E-state index in [1.54, 1.807) is 11.1 Å². The highest BCUT2D eigenvalue weighted by atomic mass is 16.6. The van der Waals surface area contributed by atoms with Gasteiger partial charge in [0.25, 0.3) is 0 Å². The molecular weight excluding hydrogens is 492 g/mol. The topological polar surface area (TPSA) is 90.9 Å². The average molecular weight is 531 g/mol. The minimum atomic E-state index is -0.355. The lowest BCUT2D eigenvalue weighted by Gasteiger charge is -2.62. The van der Waals surface area contributed by atoms with Gasteiger partial charge in [-0.1, -0.05) is 50.6 Å². The Morgan fingerprint density at radius 1 is 1.21 bits per heavy atom. The molecule has 6 rings (SSSR count). The summed E-state index contributed by atoms with van der Waals surface area (Å²) >= 11 is 0. The average Bonchev–Trinajstić information content (AvgIpc) is 3.72. The Balaban J connectivity index is 1.11. The monoisotopic (exact) mass is 530 g/mol. The number of nitrogens with one attached hydrogen (secondary N) is 1. The summed E-state index contributed by atoms with van der Waals surface area (Å²) in [6.07, 6.45) is 7.51. The predicted octanol–water partition coefficient (Wildman–Crippen LogP) is 4.69. The first kappa shape index (κ1) is 25.8. The second kappa shape index (κ2) is 10.3. The summed E-state index contributed by atoms with van der Waals surface area (Å²) in [4.78, 5) is 39.4. The fraction of sp³-hybridized carbons (Fsp3) is 0.533. The van der Waals surface area contributed by atoms with Crippen LogP contribution in [-0.4, -0.2) is 64.5 Å². The fourth-order valence-corrected chi connectivity index (χ4v) is 6.26. The van der Waals surface area contributed by atoms with Gasteiger partial charge in [-0.3, -0.25) is 14.6 Å². The van der Waals surface area contributed by atoms with Gasteiger partial charge in [-0.25, -0.2) is 9.78 Å². The van der Waals surface area contributed by atoms with Crippen LogP contribution in [0.25, 0.3) is 0 Å². The van der Waals surface area contributed by atoms with Gasteiger partial charge in [-0.2, -0.15) is 4.98 Å². The van der Waals surface area contributed by atoms with E-state index in [9.17, 15) is 9.59 Å². The summed E-state index contributed by atoms with van der Waals surface area (Å²) < 4.78 is 5.25. The van der Waals surface area contributed by atoms with Gasteiger partial charge < -0.3 is 15.0 Å². The third-order valence-electron chi connectivity index (χ3n) is 8.59. The number of hydrogen-bond donors (Lipinski definition) is 1. The molecule has 0 bridgehead atoms. The van der Waals surface area contributed by atoms with Crippen molar-refractivity contribution in [3.8, 4) is 0 Å². The Bertz CT molecular complexity index is 1250. The molecule has 206 valence electrons. The van der Waals surface area contributed by atoms with Gasteiger partial charge in [0.1, 0.15) is 12.4 Å².